The van der Waals surface area contributed by atoms with Gasteiger partial charge in [0.05, 0.1) is 4.90 Å². The third kappa shape index (κ3) is 10.9. The second kappa shape index (κ2) is 14.3. The largest absolute Gasteiger partial charge is 0.294 e. The van der Waals surface area contributed by atoms with Gasteiger partial charge in [0, 0.05) is 29.6 Å². The Morgan fingerprint density at radius 1 is 0.792 bits per heavy atom. The molecule has 0 aromatic heterocycles. The molecule has 1 radical (unpaired) electrons. The van der Waals surface area contributed by atoms with Gasteiger partial charge >= 0.3 is 0 Å². The number of aryl methyl sites for hydroxylation is 1. The summed E-state index contributed by atoms with van der Waals surface area (Å²) in [5.74, 6) is 0. The van der Waals surface area contributed by atoms with Crippen molar-refractivity contribution in [1.29, 1.82) is 0 Å². The minimum atomic E-state index is -4.10. The van der Waals surface area contributed by atoms with Gasteiger partial charge in [0.1, 0.15) is 0 Å². The fourth-order valence-corrected chi connectivity index (χ4v) is 3.69. The Bertz CT molecular complexity index is 529. The molecular weight excluding hydrogens is 331 g/mol. The van der Waals surface area contributed by atoms with Crippen molar-refractivity contribution >= 4 is 39.7 Å². The number of hydrogen-bond acceptors (Lipinski definition) is 2. The van der Waals surface area contributed by atoms with E-state index in [4.69, 9.17) is 0 Å². The molecule has 1 N–H and O–H groups in total. The quantitative estimate of drug-likeness (QED) is 0.290. The molecule has 0 spiro atoms. The maximum absolute atomic E-state index is 11.3. The third-order valence-corrected chi connectivity index (χ3v) is 5.25. The second-order valence-corrected chi connectivity index (χ2v) is 7.76. The zero-order valence-electron chi connectivity index (χ0n) is 15.5. The summed E-state index contributed by atoms with van der Waals surface area (Å²) in [6, 6.07) is 6.73. The van der Waals surface area contributed by atoms with Crippen LogP contribution >= 0.6 is 0 Å². The normalized spacial score (nSPS) is 11.2. The first-order valence-corrected chi connectivity index (χ1v) is 10.5. The van der Waals surface area contributed by atoms with Gasteiger partial charge in [-0.3, -0.25) is 4.55 Å². The number of benzene rings is 1. The van der Waals surface area contributed by atoms with Crippen molar-refractivity contribution in [2.24, 2.45) is 0 Å². The molecule has 1 aromatic rings. The fourth-order valence-electron chi connectivity index (χ4n) is 2.94. The van der Waals surface area contributed by atoms with Crippen LogP contribution in [0.1, 0.15) is 83.1 Å². The van der Waals surface area contributed by atoms with E-state index >= 15 is 0 Å². The molecule has 5 heteroatoms. The van der Waals surface area contributed by atoms with E-state index in [2.05, 4.69) is 6.92 Å². The Labute approximate surface area is 170 Å². The van der Waals surface area contributed by atoms with E-state index in [1.165, 1.54) is 63.9 Å². The molecule has 0 aliphatic rings. The summed E-state index contributed by atoms with van der Waals surface area (Å²) in [5.41, 5.74) is 0.728. The molecule has 0 aliphatic carbocycles. The molecule has 24 heavy (non-hydrogen) atoms. The maximum atomic E-state index is 11.3. The molecule has 0 unspecified atom stereocenters. The van der Waals surface area contributed by atoms with Crippen molar-refractivity contribution in [3.63, 3.8) is 0 Å². The predicted molar refractivity (Wildman–Crippen MR) is 102 cm³/mol. The van der Waals surface area contributed by atoms with Crippen LogP contribution in [0.15, 0.2) is 29.2 Å². The van der Waals surface area contributed by atoms with Crippen LogP contribution < -0.4 is 0 Å². The number of unbranched alkanes of at least 4 members (excludes halogenated alkanes) is 10. The molecule has 133 valence electrons. The van der Waals surface area contributed by atoms with Gasteiger partial charge in [-0.2, -0.15) is 8.42 Å². The summed E-state index contributed by atoms with van der Waals surface area (Å²) in [6.07, 6.45) is 14.7. The zero-order valence-corrected chi connectivity index (χ0v) is 18.3. The summed E-state index contributed by atoms with van der Waals surface area (Å²) in [6.45, 7) is 2.24. The van der Waals surface area contributed by atoms with Crippen molar-refractivity contribution in [3.05, 3.63) is 29.8 Å². The molecule has 0 heterocycles. The topological polar surface area (TPSA) is 54.4 Å². The summed E-state index contributed by atoms with van der Waals surface area (Å²) < 4.78 is 31.8. The SMILES string of the molecule is CCCCCCCCCCCCCc1ccccc1S(=O)(=O)O.[Na]. The molecule has 0 saturated heterocycles. The minimum Gasteiger partial charge on any atom is -0.282 e. The second-order valence-electron chi connectivity index (χ2n) is 6.37. The summed E-state index contributed by atoms with van der Waals surface area (Å²) >= 11 is 0. The first-order valence-electron chi connectivity index (χ1n) is 9.11. The van der Waals surface area contributed by atoms with Gasteiger partial charge in [0.15, 0.2) is 0 Å². The van der Waals surface area contributed by atoms with Gasteiger partial charge in [0.2, 0.25) is 0 Å². The van der Waals surface area contributed by atoms with E-state index in [0.29, 0.717) is 6.42 Å². The van der Waals surface area contributed by atoms with Gasteiger partial charge in [0.25, 0.3) is 10.1 Å². The molecule has 0 atom stereocenters. The van der Waals surface area contributed by atoms with Crippen molar-refractivity contribution in [1.82, 2.24) is 0 Å². The van der Waals surface area contributed by atoms with Gasteiger partial charge in [-0.25, -0.2) is 0 Å². The summed E-state index contributed by atoms with van der Waals surface area (Å²) in [7, 11) is -4.10. The van der Waals surface area contributed by atoms with Gasteiger partial charge in [-0.05, 0) is 24.5 Å². The van der Waals surface area contributed by atoms with Crippen molar-refractivity contribution in [2.45, 2.75) is 88.9 Å². The molecule has 1 aromatic carbocycles. The van der Waals surface area contributed by atoms with E-state index in [1.807, 2.05) is 6.07 Å². The van der Waals surface area contributed by atoms with Crippen LogP contribution in [0.4, 0.5) is 0 Å². The standard InChI is InChI=1S/C19H32O3S.Na/c1-2-3-4-5-6-7-8-9-10-11-12-15-18-16-13-14-17-19(18)23(20,21)22;/h13-14,16-17H,2-12,15H2,1H3,(H,20,21,22);. The average Bonchev–Trinajstić information content (AvgIpc) is 2.52. The monoisotopic (exact) mass is 363 g/mol. The van der Waals surface area contributed by atoms with Crippen molar-refractivity contribution in [2.75, 3.05) is 0 Å². The van der Waals surface area contributed by atoms with Crippen molar-refractivity contribution in [3.8, 4) is 0 Å². The first kappa shape index (κ1) is 24.1. The van der Waals surface area contributed by atoms with Crippen molar-refractivity contribution < 1.29 is 13.0 Å². The molecule has 1 rings (SSSR count). The van der Waals surface area contributed by atoms with Crippen LogP contribution in [0, 0.1) is 0 Å². The smallest absolute Gasteiger partial charge is 0.282 e. The van der Waals surface area contributed by atoms with E-state index in [1.54, 1.807) is 12.1 Å². The Morgan fingerprint density at radius 3 is 1.75 bits per heavy atom. The third-order valence-electron chi connectivity index (χ3n) is 4.30. The fraction of sp³-hybridized carbons (Fsp3) is 0.684. The van der Waals surface area contributed by atoms with E-state index in [0.717, 1.165) is 18.4 Å². The summed E-state index contributed by atoms with van der Waals surface area (Å²) in [4.78, 5) is 0.0621. The Morgan fingerprint density at radius 2 is 1.25 bits per heavy atom. The Hall–Kier alpha value is 0.130. The number of rotatable bonds is 13. The molecule has 0 bridgehead atoms. The molecular formula is C19H32NaO3S. The van der Waals surface area contributed by atoms with E-state index in [9.17, 15) is 13.0 Å². The van der Waals surface area contributed by atoms with Gasteiger partial charge in [-0.1, -0.05) is 89.3 Å². The Kier molecular flexibility index (Phi) is 14.4. The average molecular weight is 364 g/mol. The van der Waals surface area contributed by atoms with E-state index in [-0.39, 0.29) is 34.5 Å². The van der Waals surface area contributed by atoms with Gasteiger partial charge in [-0.15, -0.1) is 0 Å². The number of hydrogen-bond donors (Lipinski definition) is 1. The minimum absolute atomic E-state index is 0. The molecule has 0 aliphatic heterocycles. The van der Waals surface area contributed by atoms with Crippen LogP contribution in [0.25, 0.3) is 0 Å². The molecule has 0 fully saturated rings. The van der Waals surface area contributed by atoms with Gasteiger partial charge < -0.3 is 0 Å². The zero-order chi connectivity index (χ0) is 17.0. The maximum Gasteiger partial charge on any atom is 0.294 e. The summed E-state index contributed by atoms with van der Waals surface area (Å²) in [5, 5.41) is 0. The van der Waals surface area contributed by atoms with Crippen LogP contribution in [0.2, 0.25) is 0 Å². The van der Waals surface area contributed by atoms with Crippen LogP contribution in [-0.2, 0) is 16.5 Å². The first-order chi connectivity index (χ1) is 11.1. The molecule has 0 amide bonds. The van der Waals surface area contributed by atoms with Crippen LogP contribution in [0.3, 0.4) is 0 Å². The van der Waals surface area contributed by atoms with E-state index < -0.39 is 10.1 Å². The molecule has 0 saturated carbocycles. The van der Waals surface area contributed by atoms with Crippen LogP contribution in [0.5, 0.6) is 0 Å². The predicted octanol–water partition coefficient (Wildman–Crippen LogP) is 5.41. The van der Waals surface area contributed by atoms with Crippen LogP contribution in [-0.4, -0.2) is 42.5 Å². The Balaban J connectivity index is 0.00000529. The molecule has 3 nitrogen and oxygen atoms in total.